The average Bonchev–Trinajstić information content (AvgIpc) is 2.59. The Balaban J connectivity index is 1.81. The Morgan fingerprint density at radius 2 is 1.45 bits per heavy atom. The molecule has 0 saturated heterocycles. The summed E-state index contributed by atoms with van der Waals surface area (Å²) in [7, 11) is 0. The summed E-state index contributed by atoms with van der Waals surface area (Å²) in [5, 5.41) is 11.6. The number of carbonyl (C=O) groups excluding carboxylic acids is 1. The first kappa shape index (κ1) is 16.2. The van der Waals surface area contributed by atoms with Gasteiger partial charge in [0, 0.05) is 18.7 Å². The molecule has 0 heterocycles. The van der Waals surface area contributed by atoms with Gasteiger partial charge in [0.15, 0.2) is 0 Å². The van der Waals surface area contributed by atoms with Crippen molar-refractivity contribution in [1.29, 1.82) is 0 Å². The Kier molecular flexibility index (Phi) is 6.65. The SMILES string of the molecule is O=C(NCCCCCCO)c1ccc(-c2ccccc2)cc1. The maximum atomic E-state index is 12.0. The molecular weight excluding hydrogens is 274 g/mol. The molecule has 0 spiro atoms. The maximum absolute atomic E-state index is 12.0. The molecule has 1 amide bonds. The standard InChI is InChI=1S/C19H23NO2/c21-15-7-2-1-6-14-20-19(22)18-12-10-17(11-13-18)16-8-4-3-5-9-16/h3-5,8-13,21H,1-2,6-7,14-15H2,(H,20,22). The monoisotopic (exact) mass is 297 g/mol. The van der Waals surface area contributed by atoms with Crippen molar-refractivity contribution in [3.63, 3.8) is 0 Å². The highest BCUT2D eigenvalue weighted by Crippen LogP contribution is 2.19. The van der Waals surface area contributed by atoms with E-state index >= 15 is 0 Å². The van der Waals surface area contributed by atoms with Gasteiger partial charge in [-0.15, -0.1) is 0 Å². The van der Waals surface area contributed by atoms with Crippen molar-refractivity contribution in [2.45, 2.75) is 25.7 Å². The van der Waals surface area contributed by atoms with Crippen LogP contribution in [0.2, 0.25) is 0 Å². The van der Waals surface area contributed by atoms with Gasteiger partial charge in [0.2, 0.25) is 0 Å². The van der Waals surface area contributed by atoms with Gasteiger partial charge in [-0.05, 0) is 36.1 Å². The van der Waals surface area contributed by atoms with Crippen LogP contribution >= 0.6 is 0 Å². The van der Waals surface area contributed by atoms with Crippen molar-refractivity contribution in [3.8, 4) is 11.1 Å². The zero-order valence-electron chi connectivity index (χ0n) is 12.8. The number of amides is 1. The summed E-state index contributed by atoms with van der Waals surface area (Å²) < 4.78 is 0. The fourth-order valence-corrected chi connectivity index (χ4v) is 2.34. The van der Waals surface area contributed by atoms with Crippen LogP contribution in [0.15, 0.2) is 54.6 Å². The number of hydrogen-bond donors (Lipinski definition) is 2. The molecule has 0 atom stereocenters. The first-order valence-corrected chi connectivity index (χ1v) is 7.86. The minimum Gasteiger partial charge on any atom is -0.396 e. The molecular formula is C19H23NO2. The zero-order valence-corrected chi connectivity index (χ0v) is 12.8. The van der Waals surface area contributed by atoms with Crippen molar-refractivity contribution >= 4 is 5.91 Å². The van der Waals surface area contributed by atoms with Crippen LogP contribution in [-0.4, -0.2) is 24.2 Å². The summed E-state index contributed by atoms with van der Waals surface area (Å²) in [6.45, 7) is 0.935. The lowest BCUT2D eigenvalue weighted by atomic mass is 10.0. The van der Waals surface area contributed by atoms with Crippen LogP contribution in [0, 0.1) is 0 Å². The molecule has 2 aromatic carbocycles. The summed E-state index contributed by atoms with van der Waals surface area (Å²) in [6.07, 6.45) is 3.84. The van der Waals surface area contributed by atoms with Crippen LogP contribution in [0.5, 0.6) is 0 Å². The number of aliphatic hydroxyl groups excluding tert-OH is 1. The molecule has 22 heavy (non-hydrogen) atoms. The van der Waals surface area contributed by atoms with Gasteiger partial charge >= 0.3 is 0 Å². The summed E-state index contributed by atoms with van der Waals surface area (Å²) >= 11 is 0. The third-order valence-electron chi connectivity index (χ3n) is 3.62. The number of carbonyl (C=O) groups is 1. The molecule has 0 aliphatic rings. The van der Waals surface area contributed by atoms with E-state index in [0.29, 0.717) is 12.1 Å². The van der Waals surface area contributed by atoms with Crippen molar-refractivity contribution < 1.29 is 9.90 Å². The number of hydrogen-bond acceptors (Lipinski definition) is 2. The van der Waals surface area contributed by atoms with Gasteiger partial charge in [-0.1, -0.05) is 55.3 Å². The molecule has 0 aliphatic carbocycles. The summed E-state index contributed by atoms with van der Waals surface area (Å²) in [6, 6.07) is 17.8. The molecule has 2 rings (SSSR count). The van der Waals surface area contributed by atoms with Gasteiger partial charge in [0.05, 0.1) is 0 Å². The van der Waals surface area contributed by atoms with Gasteiger partial charge in [0.1, 0.15) is 0 Å². The van der Waals surface area contributed by atoms with Crippen LogP contribution in [0.4, 0.5) is 0 Å². The van der Waals surface area contributed by atoms with E-state index in [2.05, 4.69) is 17.4 Å². The highest BCUT2D eigenvalue weighted by molar-refractivity contribution is 5.94. The predicted molar refractivity (Wildman–Crippen MR) is 89.8 cm³/mol. The van der Waals surface area contributed by atoms with Crippen LogP contribution in [-0.2, 0) is 0 Å². The van der Waals surface area contributed by atoms with E-state index in [0.717, 1.165) is 36.8 Å². The highest BCUT2D eigenvalue weighted by atomic mass is 16.2. The minimum atomic E-state index is -0.0261. The van der Waals surface area contributed by atoms with E-state index in [1.165, 1.54) is 0 Å². The predicted octanol–water partition coefficient (Wildman–Crippen LogP) is 3.64. The van der Waals surface area contributed by atoms with E-state index < -0.39 is 0 Å². The molecule has 2 N–H and O–H groups in total. The van der Waals surface area contributed by atoms with Gasteiger partial charge < -0.3 is 10.4 Å². The van der Waals surface area contributed by atoms with Crippen molar-refractivity contribution in [2.24, 2.45) is 0 Å². The molecule has 0 unspecified atom stereocenters. The van der Waals surface area contributed by atoms with Gasteiger partial charge in [0.25, 0.3) is 5.91 Å². The number of benzene rings is 2. The Hall–Kier alpha value is -2.13. The van der Waals surface area contributed by atoms with Crippen molar-refractivity contribution in [3.05, 3.63) is 60.2 Å². The molecule has 0 fully saturated rings. The number of nitrogens with one attached hydrogen (secondary N) is 1. The van der Waals surface area contributed by atoms with Crippen LogP contribution in [0.3, 0.4) is 0 Å². The molecule has 0 aliphatic heterocycles. The Labute approximate surface area is 132 Å². The van der Waals surface area contributed by atoms with Crippen molar-refractivity contribution in [1.82, 2.24) is 5.32 Å². The second-order valence-corrected chi connectivity index (χ2v) is 5.34. The van der Waals surface area contributed by atoms with Gasteiger partial charge in [-0.2, -0.15) is 0 Å². The molecule has 0 saturated carbocycles. The Morgan fingerprint density at radius 1 is 0.818 bits per heavy atom. The minimum absolute atomic E-state index is 0.0261. The highest BCUT2D eigenvalue weighted by Gasteiger charge is 2.05. The van der Waals surface area contributed by atoms with E-state index in [-0.39, 0.29) is 12.5 Å². The van der Waals surface area contributed by atoms with Crippen LogP contribution < -0.4 is 5.32 Å². The van der Waals surface area contributed by atoms with Gasteiger partial charge in [-0.3, -0.25) is 4.79 Å². The third kappa shape index (κ3) is 5.01. The average molecular weight is 297 g/mol. The topological polar surface area (TPSA) is 49.3 Å². The van der Waals surface area contributed by atoms with E-state index in [9.17, 15) is 4.79 Å². The normalized spacial score (nSPS) is 10.4. The molecule has 0 aromatic heterocycles. The quantitative estimate of drug-likeness (QED) is 0.731. The zero-order chi connectivity index (χ0) is 15.6. The first-order chi connectivity index (χ1) is 10.8. The Bertz CT molecular complexity index is 564. The molecule has 0 bridgehead atoms. The van der Waals surface area contributed by atoms with Gasteiger partial charge in [-0.25, -0.2) is 0 Å². The Morgan fingerprint density at radius 3 is 2.14 bits per heavy atom. The molecule has 3 nitrogen and oxygen atoms in total. The number of aliphatic hydroxyl groups is 1. The smallest absolute Gasteiger partial charge is 0.251 e. The molecule has 0 radical (unpaired) electrons. The maximum Gasteiger partial charge on any atom is 0.251 e. The van der Waals surface area contributed by atoms with E-state index in [4.69, 9.17) is 5.11 Å². The molecule has 3 heteroatoms. The fourth-order valence-electron chi connectivity index (χ4n) is 2.34. The van der Waals surface area contributed by atoms with E-state index in [1.807, 2.05) is 42.5 Å². The number of unbranched alkanes of at least 4 members (excludes halogenated alkanes) is 3. The lowest BCUT2D eigenvalue weighted by molar-refractivity contribution is 0.0953. The summed E-state index contributed by atoms with van der Waals surface area (Å²) in [4.78, 5) is 12.0. The van der Waals surface area contributed by atoms with E-state index in [1.54, 1.807) is 0 Å². The van der Waals surface area contributed by atoms with Crippen LogP contribution in [0.1, 0.15) is 36.0 Å². The molecule has 116 valence electrons. The second kappa shape index (κ2) is 9.00. The summed E-state index contributed by atoms with van der Waals surface area (Å²) in [5.74, 6) is -0.0261. The molecule has 2 aromatic rings. The summed E-state index contributed by atoms with van der Waals surface area (Å²) in [5.41, 5.74) is 2.95. The first-order valence-electron chi connectivity index (χ1n) is 7.86. The lowest BCUT2D eigenvalue weighted by Gasteiger charge is -2.06. The number of rotatable bonds is 8. The largest absolute Gasteiger partial charge is 0.396 e. The third-order valence-corrected chi connectivity index (χ3v) is 3.62. The van der Waals surface area contributed by atoms with Crippen LogP contribution in [0.25, 0.3) is 11.1 Å². The second-order valence-electron chi connectivity index (χ2n) is 5.34. The fraction of sp³-hybridized carbons (Fsp3) is 0.316. The lowest BCUT2D eigenvalue weighted by Crippen LogP contribution is -2.24. The van der Waals surface area contributed by atoms with Crippen molar-refractivity contribution in [2.75, 3.05) is 13.2 Å².